The van der Waals surface area contributed by atoms with E-state index in [9.17, 15) is 0 Å². The zero-order chi connectivity index (χ0) is 11.4. The zero-order valence-electron chi connectivity index (χ0n) is 10.4. The maximum Gasteiger partial charge on any atom is 0.135 e. The fourth-order valence-electron chi connectivity index (χ4n) is 4.27. The Balaban J connectivity index is 2.10. The summed E-state index contributed by atoms with van der Waals surface area (Å²) in [5.74, 6) is 2.69. The van der Waals surface area contributed by atoms with Crippen LogP contribution in [-0.2, 0) is 5.41 Å². The van der Waals surface area contributed by atoms with Gasteiger partial charge in [0.15, 0.2) is 0 Å². The molecule has 0 radical (unpaired) electrons. The van der Waals surface area contributed by atoms with Crippen LogP contribution in [0.1, 0.15) is 45.9 Å². The van der Waals surface area contributed by atoms with Crippen molar-refractivity contribution in [3.63, 3.8) is 0 Å². The summed E-state index contributed by atoms with van der Waals surface area (Å²) in [7, 11) is 0. The number of aromatic nitrogens is 2. The Kier molecular flexibility index (Phi) is 1.96. The molecule has 16 heavy (non-hydrogen) atoms. The lowest BCUT2D eigenvalue weighted by Gasteiger charge is -2.67. The second-order valence-electron chi connectivity index (χ2n) is 6.14. The van der Waals surface area contributed by atoms with Crippen molar-refractivity contribution in [1.82, 2.24) is 9.97 Å². The lowest BCUT2D eigenvalue weighted by molar-refractivity contribution is -0.138. The van der Waals surface area contributed by atoms with E-state index in [1.807, 2.05) is 18.5 Å². The molecular formula is C14H20N2. The topological polar surface area (TPSA) is 25.8 Å². The summed E-state index contributed by atoms with van der Waals surface area (Å²) in [6.45, 7) is 7.20. The highest BCUT2D eigenvalue weighted by atomic mass is 14.9. The van der Waals surface area contributed by atoms with E-state index in [-0.39, 0.29) is 5.41 Å². The number of nitrogens with zero attached hydrogens (tertiary/aromatic N) is 2. The molecule has 1 aromatic rings. The first-order valence-corrected chi connectivity index (χ1v) is 6.36. The number of hydrogen-bond donors (Lipinski definition) is 0. The van der Waals surface area contributed by atoms with Gasteiger partial charge in [0, 0.05) is 17.8 Å². The summed E-state index contributed by atoms with van der Waals surface area (Å²) in [6, 6.07) is 1.91. The molecule has 1 heterocycles. The molecule has 3 fully saturated rings. The van der Waals surface area contributed by atoms with Crippen molar-refractivity contribution in [2.45, 2.75) is 45.4 Å². The van der Waals surface area contributed by atoms with Crippen molar-refractivity contribution >= 4 is 0 Å². The van der Waals surface area contributed by atoms with Crippen LogP contribution in [0, 0.1) is 17.3 Å². The van der Waals surface area contributed by atoms with E-state index in [1.165, 1.54) is 19.3 Å². The number of rotatable bonds is 1. The number of fused-ring (bicyclic) bond motifs is 2. The third-order valence-electron chi connectivity index (χ3n) is 5.49. The minimum atomic E-state index is 0.247. The van der Waals surface area contributed by atoms with E-state index < -0.39 is 0 Å². The van der Waals surface area contributed by atoms with Crippen LogP contribution in [0.15, 0.2) is 18.5 Å². The number of hydrogen-bond acceptors (Lipinski definition) is 2. The standard InChI is InChI=1S/C14H20N2/c1-10-5-6-11-9-14(10,13(11,2)3)12-15-7-4-8-16-12/h4,7-8,10-11H,5-6,9H2,1-3H3. The fraction of sp³-hybridized carbons (Fsp3) is 0.714. The van der Waals surface area contributed by atoms with Crippen LogP contribution in [0.3, 0.4) is 0 Å². The highest BCUT2D eigenvalue weighted by Gasteiger charge is 2.66. The van der Waals surface area contributed by atoms with Crippen LogP contribution in [-0.4, -0.2) is 9.97 Å². The van der Waals surface area contributed by atoms with Crippen LogP contribution in [0.2, 0.25) is 0 Å². The summed E-state index contributed by atoms with van der Waals surface area (Å²) in [5.41, 5.74) is 0.628. The van der Waals surface area contributed by atoms with Crippen molar-refractivity contribution in [2.24, 2.45) is 17.3 Å². The minimum absolute atomic E-state index is 0.247. The third-order valence-corrected chi connectivity index (χ3v) is 5.49. The molecule has 3 unspecified atom stereocenters. The van der Waals surface area contributed by atoms with Crippen molar-refractivity contribution in [2.75, 3.05) is 0 Å². The maximum atomic E-state index is 4.55. The zero-order valence-corrected chi connectivity index (χ0v) is 10.4. The van der Waals surface area contributed by atoms with Gasteiger partial charge in [0.2, 0.25) is 0 Å². The van der Waals surface area contributed by atoms with Gasteiger partial charge in [0.1, 0.15) is 5.82 Å². The smallest absolute Gasteiger partial charge is 0.135 e. The third kappa shape index (κ3) is 0.982. The quantitative estimate of drug-likeness (QED) is 0.720. The van der Waals surface area contributed by atoms with E-state index in [0.29, 0.717) is 5.41 Å². The maximum absolute atomic E-state index is 4.55. The normalized spacial score (nSPS) is 40.2. The van der Waals surface area contributed by atoms with E-state index >= 15 is 0 Å². The molecule has 2 heteroatoms. The Labute approximate surface area is 97.5 Å². The second kappa shape index (κ2) is 3.06. The van der Waals surface area contributed by atoms with Crippen molar-refractivity contribution < 1.29 is 0 Å². The van der Waals surface area contributed by atoms with Crippen molar-refractivity contribution in [1.29, 1.82) is 0 Å². The van der Waals surface area contributed by atoms with Gasteiger partial charge < -0.3 is 0 Å². The van der Waals surface area contributed by atoms with Crippen LogP contribution in [0.25, 0.3) is 0 Å². The van der Waals surface area contributed by atoms with Gasteiger partial charge in [0.05, 0.1) is 0 Å². The van der Waals surface area contributed by atoms with Gasteiger partial charge in [0.25, 0.3) is 0 Å². The first kappa shape index (κ1) is 10.2. The average molecular weight is 216 g/mol. The van der Waals surface area contributed by atoms with Crippen LogP contribution < -0.4 is 0 Å². The van der Waals surface area contributed by atoms with Crippen LogP contribution in [0.4, 0.5) is 0 Å². The van der Waals surface area contributed by atoms with Crippen LogP contribution in [0.5, 0.6) is 0 Å². The molecule has 2 nitrogen and oxygen atoms in total. The lowest BCUT2D eigenvalue weighted by Crippen LogP contribution is -2.65. The predicted molar refractivity (Wildman–Crippen MR) is 64.0 cm³/mol. The van der Waals surface area contributed by atoms with Crippen LogP contribution >= 0.6 is 0 Å². The van der Waals surface area contributed by atoms with Gasteiger partial charge in [-0.1, -0.05) is 20.8 Å². The molecule has 86 valence electrons. The van der Waals surface area contributed by atoms with Gasteiger partial charge in [-0.3, -0.25) is 0 Å². The molecule has 0 aliphatic heterocycles. The minimum Gasteiger partial charge on any atom is -0.241 e. The van der Waals surface area contributed by atoms with E-state index in [2.05, 4.69) is 30.7 Å². The fourth-order valence-corrected chi connectivity index (χ4v) is 4.27. The first-order valence-electron chi connectivity index (χ1n) is 6.36. The van der Waals surface area contributed by atoms with Gasteiger partial charge in [-0.2, -0.15) is 0 Å². The monoisotopic (exact) mass is 216 g/mol. The molecule has 3 saturated carbocycles. The SMILES string of the molecule is CC1CCC2CC1(c1ncccn1)C2(C)C. The molecule has 0 saturated heterocycles. The molecular weight excluding hydrogens is 196 g/mol. The molecule has 0 amide bonds. The summed E-state index contributed by atoms with van der Waals surface area (Å²) in [6.07, 6.45) is 7.81. The predicted octanol–water partition coefficient (Wildman–Crippen LogP) is 3.19. The Bertz CT molecular complexity index is 398. The highest BCUT2D eigenvalue weighted by molar-refractivity contribution is 5.27. The molecule has 3 aliphatic carbocycles. The molecule has 1 aromatic heterocycles. The van der Waals surface area contributed by atoms with E-state index in [1.54, 1.807) is 0 Å². The van der Waals surface area contributed by atoms with E-state index in [4.69, 9.17) is 0 Å². The molecule has 3 atom stereocenters. The molecule has 4 rings (SSSR count). The summed E-state index contributed by atoms with van der Waals surface area (Å²) < 4.78 is 0. The van der Waals surface area contributed by atoms with Gasteiger partial charge >= 0.3 is 0 Å². The Hall–Kier alpha value is -0.920. The molecule has 2 bridgehead atoms. The van der Waals surface area contributed by atoms with Crippen molar-refractivity contribution in [3.05, 3.63) is 24.3 Å². The summed E-state index contributed by atoms with van der Waals surface area (Å²) >= 11 is 0. The summed E-state index contributed by atoms with van der Waals surface area (Å²) in [4.78, 5) is 9.09. The van der Waals surface area contributed by atoms with Gasteiger partial charge in [-0.25, -0.2) is 9.97 Å². The Morgan fingerprint density at radius 2 is 1.88 bits per heavy atom. The average Bonchev–Trinajstić information content (AvgIpc) is 2.29. The van der Waals surface area contributed by atoms with Gasteiger partial charge in [-0.05, 0) is 42.6 Å². The highest BCUT2D eigenvalue weighted by Crippen LogP contribution is 2.69. The molecule has 3 aliphatic rings. The Morgan fingerprint density at radius 1 is 1.19 bits per heavy atom. The second-order valence-corrected chi connectivity index (χ2v) is 6.14. The molecule has 0 aromatic carbocycles. The molecule has 0 spiro atoms. The lowest BCUT2D eigenvalue weighted by atomic mass is 9.36. The largest absolute Gasteiger partial charge is 0.241 e. The molecule has 0 N–H and O–H groups in total. The Morgan fingerprint density at radius 3 is 2.44 bits per heavy atom. The first-order chi connectivity index (χ1) is 7.59. The van der Waals surface area contributed by atoms with Crippen molar-refractivity contribution in [3.8, 4) is 0 Å². The van der Waals surface area contributed by atoms with Gasteiger partial charge in [-0.15, -0.1) is 0 Å². The van der Waals surface area contributed by atoms with E-state index in [0.717, 1.165) is 17.7 Å². The summed E-state index contributed by atoms with van der Waals surface area (Å²) in [5, 5.41) is 0.